The molecular weight excluding hydrogens is 327 g/mol. The molecule has 0 amide bonds. The van der Waals surface area contributed by atoms with Crippen LogP contribution in [0.25, 0.3) is 0 Å². The number of benzene rings is 2. The van der Waals surface area contributed by atoms with Crippen LogP contribution in [-0.4, -0.2) is 11.1 Å². The van der Waals surface area contributed by atoms with E-state index in [1.165, 1.54) is 12.1 Å². The fourth-order valence-electron chi connectivity index (χ4n) is 1.81. The Morgan fingerprint density at radius 1 is 1.20 bits per heavy atom. The average molecular weight is 339 g/mol. The van der Waals surface area contributed by atoms with Gasteiger partial charge in [-0.1, -0.05) is 17.7 Å². The lowest BCUT2D eigenvalue weighted by Crippen LogP contribution is -2.01. The minimum absolute atomic E-state index is 0.0196. The van der Waals surface area contributed by atoms with Crippen molar-refractivity contribution in [1.82, 2.24) is 0 Å². The molecule has 0 saturated heterocycles. The van der Waals surface area contributed by atoms with E-state index in [0.717, 1.165) is 11.1 Å². The van der Waals surface area contributed by atoms with Crippen molar-refractivity contribution in [3.8, 4) is 11.5 Å². The summed E-state index contributed by atoms with van der Waals surface area (Å²) < 4.78 is 19.5. The van der Waals surface area contributed by atoms with Crippen LogP contribution in [-0.2, 0) is 0 Å². The van der Waals surface area contributed by atoms with Crippen molar-refractivity contribution in [2.24, 2.45) is 0 Å². The van der Waals surface area contributed by atoms with Crippen LogP contribution in [0.15, 0.2) is 34.8 Å². The van der Waals surface area contributed by atoms with Gasteiger partial charge in [-0.2, -0.15) is 0 Å². The largest absolute Gasteiger partial charge is 0.478 e. The van der Waals surface area contributed by atoms with Crippen LogP contribution in [0.4, 0.5) is 4.39 Å². The summed E-state index contributed by atoms with van der Waals surface area (Å²) in [6.45, 7) is 3.82. The van der Waals surface area contributed by atoms with E-state index in [0.29, 0.717) is 5.75 Å². The zero-order chi connectivity index (χ0) is 14.9. The second-order valence-corrected chi connectivity index (χ2v) is 5.21. The first kappa shape index (κ1) is 14.5. The summed E-state index contributed by atoms with van der Waals surface area (Å²) in [5.41, 5.74) is 1.82. The molecule has 0 heterocycles. The first-order valence-corrected chi connectivity index (χ1v) is 6.66. The molecule has 0 unspecified atom stereocenters. The molecular formula is C15H12BrFO3. The predicted octanol–water partition coefficient (Wildman–Crippen LogP) is 4.70. The summed E-state index contributed by atoms with van der Waals surface area (Å²) in [5, 5.41) is 8.91. The number of carboxylic acid groups (broad SMARTS) is 1. The Balaban J connectivity index is 2.39. The van der Waals surface area contributed by atoms with E-state index >= 15 is 0 Å². The van der Waals surface area contributed by atoms with Gasteiger partial charge in [-0.15, -0.1) is 0 Å². The molecule has 20 heavy (non-hydrogen) atoms. The van der Waals surface area contributed by atoms with Gasteiger partial charge in [-0.3, -0.25) is 0 Å². The maximum atomic E-state index is 14.1. The van der Waals surface area contributed by atoms with Crippen LogP contribution in [0.2, 0.25) is 0 Å². The van der Waals surface area contributed by atoms with E-state index < -0.39 is 11.8 Å². The lowest BCUT2D eigenvalue weighted by Gasteiger charge is -2.11. The second-order valence-electron chi connectivity index (χ2n) is 4.42. The SMILES string of the molecule is Cc1ccc(Oc2ccc(C(=O)O)c(Br)c2F)c(C)c1. The van der Waals surface area contributed by atoms with Gasteiger partial charge in [0.05, 0.1) is 10.0 Å². The summed E-state index contributed by atoms with van der Waals surface area (Å²) in [7, 11) is 0. The van der Waals surface area contributed by atoms with Crippen molar-refractivity contribution in [2.45, 2.75) is 13.8 Å². The number of hydrogen-bond acceptors (Lipinski definition) is 2. The standard InChI is InChI=1S/C15H12BrFO3/c1-8-3-5-11(9(2)7-8)20-12-6-4-10(15(18)19)13(16)14(12)17/h3-7H,1-2H3,(H,18,19). The molecule has 1 N–H and O–H groups in total. The average Bonchev–Trinajstić information content (AvgIpc) is 2.37. The highest BCUT2D eigenvalue weighted by molar-refractivity contribution is 9.10. The van der Waals surface area contributed by atoms with Gasteiger partial charge in [0, 0.05) is 0 Å². The molecule has 2 rings (SSSR count). The molecule has 5 heteroatoms. The topological polar surface area (TPSA) is 46.5 Å². The Bertz CT molecular complexity index is 683. The third-order valence-corrected chi connectivity index (χ3v) is 3.60. The number of aryl methyl sites for hydroxylation is 2. The van der Waals surface area contributed by atoms with E-state index in [2.05, 4.69) is 15.9 Å². The smallest absolute Gasteiger partial charge is 0.336 e. The van der Waals surface area contributed by atoms with Gasteiger partial charge >= 0.3 is 5.97 Å². The quantitative estimate of drug-likeness (QED) is 0.882. The number of hydrogen-bond donors (Lipinski definition) is 1. The van der Waals surface area contributed by atoms with Crippen LogP contribution in [0.3, 0.4) is 0 Å². The molecule has 2 aromatic rings. The van der Waals surface area contributed by atoms with E-state index in [1.807, 2.05) is 26.0 Å². The summed E-state index contributed by atoms with van der Waals surface area (Å²) in [4.78, 5) is 10.9. The maximum Gasteiger partial charge on any atom is 0.336 e. The van der Waals surface area contributed by atoms with Crippen LogP contribution in [0.1, 0.15) is 21.5 Å². The maximum absolute atomic E-state index is 14.1. The molecule has 0 radical (unpaired) electrons. The Morgan fingerprint density at radius 3 is 2.45 bits per heavy atom. The first-order chi connectivity index (χ1) is 9.40. The highest BCUT2D eigenvalue weighted by atomic mass is 79.9. The molecule has 0 aliphatic carbocycles. The molecule has 0 aliphatic heterocycles. The predicted molar refractivity (Wildman–Crippen MR) is 77.0 cm³/mol. The number of ether oxygens (including phenoxy) is 1. The first-order valence-electron chi connectivity index (χ1n) is 5.86. The van der Waals surface area contributed by atoms with E-state index in [1.54, 1.807) is 6.07 Å². The minimum Gasteiger partial charge on any atom is -0.478 e. The van der Waals surface area contributed by atoms with Gasteiger partial charge < -0.3 is 9.84 Å². The fraction of sp³-hybridized carbons (Fsp3) is 0.133. The van der Waals surface area contributed by atoms with Crippen molar-refractivity contribution < 1.29 is 19.0 Å². The molecule has 0 aliphatic rings. The minimum atomic E-state index is -1.20. The number of carboxylic acids is 1. The molecule has 2 aromatic carbocycles. The van der Waals surface area contributed by atoms with Crippen molar-refractivity contribution in [3.05, 3.63) is 57.3 Å². The number of rotatable bonds is 3. The lowest BCUT2D eigenvalue weighted by molar-refractivity contribution is 0.0695. The molecule has 0 aromatic heterocycles. The third kappa shape index (κ3) is 2.82. The lowest BCUT2D eigenvalue weighted by atomic mass is 10.1. The Morgan fingerprint density at radius 2 is 1.85 bits per heavy atom. The monoisotopic (exact) mass is 338 g/mol. The molecule has 0 fully saturated rings. The number of carbonyl (C=O) groups is 1. The number of halogens is 2. The zero-order valence-corrected chi connectivity index (χ0v) is 12.5. The van der Waals surface area contributed by atoms with Gasteiger partial charge in [-0.05, 0) is 53.5 Å². The summed E-state index contributed by atoms with van der Waals surface area (Å²) >= 11 is 2.94. The Labute approximate surface area is 124 Å². The van der Waals surface area contributed by atoms with Gasteiger partial charge in [0.1, 0.15) is 5.75 Å². The molecule has 0 bridgehead atoms. The van der Waals surface area contributed by atoms with Crippen molar-refractivity contribution in [2.75, 3.05) is 0 Å². The summed E-state index contributed by atoms with van der Waals surface area (Å²) in [6, 6.07) is 8.15. The highest BCUT2D eigenvalue weighted by Crippen LogP contribution is 2.33. The third-order valence-electron chi connectivity index (χ3n) is 2.83. The van der Waals surface area contributed by atoms with Crippen molar-refractivity contribution in [1.29, 1.82) is 0 Å². The highest BCUT2D eigenvalue weighted by Gasteiger charge is 2.17. The normalized spacial score (nSPS) is 10.4. The molecule has 3 nitrogen and oxygen atoms in total. The van der Waals surface area contributed by atoms with Gasteiger partial charge in [-0.25, -0.2) is 9.18 Å². The van der Waals surface area contributed by atoms with E-state index in [4.69, 9.17) is 9.84 Å². The van der Waals surface area contributed by atoms with Crippen LogP contribution >= 0.6 is 15.9 Å². The summed E-state index contributed by atoms with van der Waals surface area (Å²) in [5.74, 6) is -1.42. The van der Waals surface area contributed by atoms with Crippen LogP contribution in [0, 0.1) is 19.7 Å². The van der Waals surface area contributed by atoms with Crippen molar-refractivity contribution >= 4 is 21.9 Å². The molecule has 0 atom stereocenters. The van der Waals surface area contributed by atoms with E-state index in [9.17, 15) is 9.18 Å². The molecule has 0 spiro atoms. The molecule has 104 valence electrons. The van der Waals surface area contributed by atoms with Crippen LogP contribution in [0.5, 0.6) is 11.5 Å². The molecule has 0 saturated carbocycles. The Hall–Kier alpha value is -1.88. The van der Waals surface area contributed by atoms with E-state index in [-0.39, 0.29) is 15.8 Å². The zero-order valence-electron chi connectivity index (χ0n) is 10.9. The second kappa shape index (κ2) is 5.63. The number of aromatic carboxylic acids is 1. The fourth-order valence-corrected chi connectivity index (χ4v) is 2.31. The van der Waals surface area contributed by atoms with Crippen LogP contribution < -0.4 is 4.74 Å². The summed E-state index contributed by atoms with van der Waals surface area (Å²) in [6.07, 6.45) is 0. The van der Waals surface area contributed by atoms with Gasteiger partial charge in [0.15, 0.2) is 11.6 Å². The van der Waals surface area contributed by atoms with Crippen molar-refractivity contribution in [3.63, 3.8) is 0 Å². The van der Waals surface area contributed by atoms with Gasteiger partial charge in [0.25, 0.3) is 0 Å². The Kier molecular flexibility index (Phi) is 4.09. The van der Waals surface area contributed by atoms with Gasteiger partial charge in [0.2, 0.25) is 0 Å².